The van der Waals surface area contributed by atoms with Crippen molar-refractivity contribution in [3.05, 3.63) is 24.3 Å². The topological polar surface area (TPSA) is 70.2 Å². The lowest BCUT2D eigenvalue weighted by Gasteiger charge is -2.18. The molecule has 1 aliphatic heterocycles. The largest absolute Gasteiger partial charge is 0.381 e. The summed E-state index contributed by atoms with van der Waals surface area (Å²) < 4.78 is 26.7. The van der Waals surface area contributed by atoms with Crippen molar-refractivity contribution in [2.75, 3.05) is 18.4 Å². The zero-order valence-corrected chi connectivity index (χ0v) is 13.5. The minimum absolute atomic E-state index is 0.107. The second kappa shape index (κ2) is 7.24. The van der Waals surface area contributed by atoms with Crippen molar-refractivity contribution < 1.29 is 8.42 Å². The highest BCUT2D eigenvalue weighted by molar-refractivity contribution is 7.89. The van der Waals surface area contributed by atoms with E-state index in [0.29, 0.717) is 10.9 Å². The van der Waals surface area contributed by atoms with E-state index in [1.807, 2.05) is 26.0 Å². The van der Waals surface area contributed by atoms with Crippen LogP contribution in [0.3, 0.4) is 0 Å². The third-order valence-electron chi connectivity index (χ3n) is 3.47. The number of sulfonamides is 1. The molecule has 1 fully saturated rings. The van der Waals surface area contributed by atoms with Crippen molar-refractivity contribution in [3.8, 4) is 0 Å². The predicted molar refractivity (Wildman–Crippen MR) is 86.0 cm³/mol. The Labute approximate surface area is 127 Å². The monoisotopic (exact) mass is 311 g/mol. The van der Waals surface area contributed by atoms with E-state index in [1.165, 1.54) is 12.8 Å². The Morgan fingerprint density at radius 1 is 1.19 bits per heavy atom. The summed E-state index contributed by atoms with van der Waals surface area (Å²) in [5.74, 6) is 0. The van der Waals surface area contributed by atoms with Crippen LogP contribution in [0.1, 0.15) is 33.1 Å². The standard InChI is InChI=1S/C15H25N3O2S/c1-12(2)18-21(19,20)15-8-6-13(7-9-15)17-14-5-3-4-10-16-11-14/h6-9,12,14,16-18H,3-5,10-11H2,1-2H3. The zero-order valence-electron chi connectivity index (χ0n) is 12.7. The molecule has 0 radical (unpaired) electrons. The van der Waals surface area contributed by atoms with E-state index in [9.17, 15) is 8.42 Å². The number of hydrogen-bond donors (Lipinski definition) is 3. The fourth-order valence-electron chi connectivity index (χ4n) is 2.49. The lowest BCUT2D eigenvalue weighted by atomic mass is 10.1. The number of nitrogens with one attached hydrogen (secondary N) is 3. The second-order valence-corrected chi connectivity index (χ2v) is 7.56. The molecule has 2 rings (SSSR count). The second-order valence-electron chi connectivity index (χ2n) is 5.84. The summed E-state index contributed by atoms with van der Waals surface area (Å²) in [6, 6.07) is 7.27. The SMILES string of the molecule is CC(C)NS(=O)(=O)c1ccc(NC2CCCCNC2)cc1. The summed E-state index contributed by atoms with van der Waals surface area (Å²) >= 11 is 0. The van der Waals surface area contributed by atoms with E-state index in [-0.39, 0.29) is 6.04 Å². The van der Waals surface area contributed by atoms with Crippen molar-refractivity contribution >= 4 is 15.7 Å². The Morgan fingerprint density at radius 2 is 1.90 bits per heavy atom. The average Bonchev–Trinajstić information content (AvgIpc) is 2.66. The first kappa shape index (κ1) is 16.3. The van der Waals surface area contributed by atoms with Gasteiger partial charge in [-0.15, -0.1) is 0 Å². The molecular weight excluding hydrogens is 286 g/mol. The molecule has 0 saturated carbocycles. The van der Waals surface area contributed by atoms with Gasteiger partial charge in [0, 0.05) is 24.3 Å². The highest BCUT2D eigenvalue weighted by Gasteiger charge is 2.16. The summed E-state index contributed by atoms with van der Waals surface area (Å²) in [4.78, 5) is 0.306. The molecule has 3 N–H and O–H groups in total. The molecule has 0 aromatic heterocycles. The van der Waals surface area contributed by atoms with E-state index in [1.54, 1.807) is 12.1 Å². The Balaban J connectivity index is 2.01. The Hall–Kier alpha value is -1.11. The van der Waals surface area contributed by atoms with Crippen molar-refractivity contribution in [1.82, 2.24) is 10.0 Å². The van der Waals surface area contributed by atoms with Crippen molar-refractivity contribution in [1.29, 1.82) is 0 Å². The molecule has 1 heterocycles. The minimum atomic E-state index is -3.41. The molecular formula is C15H25N3O2S. The van der Waals surface area contributed by atoms with Gasteiger partial charge in [-0.2, -0.15) is 0 Å². The van der Waals surface area contributed by atoms with Gasteiger partial charge in [0.05, 0.1) is 4.90 Å². The van der Waals surface area contributed by atoms with Crippen LogP contribution in [0.5, 0.6) is 0 Å². The maximum Gasteiger partial charge on any atom is 0.240 e. The third kappa shape index (κ3) is 4.98. The summed E-state index contributed by atoms with van der Waals surface area (Å²) in [7, 11) is -3.41. The molecule has 118 valence electrons. The van der Waals surface area contributed by atoms with Gasteiger partial charge in [0.25, 0.3) is 0 Å². The number of anilines is 1. The number of benzene rings is 1. The Bertz CT molecular complexity index is 533. The van der Waals surface area contributed by atoms with E-state index in [2.05, 4.69) is 15.4 Å². The third-order valence-corrected chi connectivity index (χ3v) is 5.15. The molecule has 6 heteroatoms. The fourth-order valence-corrected chi connectivity index (χ4v) is 3.74. The summed E-state index contributed by atoms with van der Waals surface area (Å²) in [5, 5.41) is 6.87. The summed E-state index contributed by atoms with van der Waals surface area (Å²) in [6.45, 7) is 5.66. The Morgan fingerprint density at radius 3 is 2.57 bits per heavy atom. The first-order valence-corrected chi connectivity index (χ1v) is 9.05. The molecule has 1 aliphatic rings. The quantitative estimate of drug-likeness (QED) is 0.777. The van der Waals surface area contributed by atoms with Gasteiger partial charge in [-0.05, 0) is 57.5 Å². The summed E-state index contributed by atoms with van der Waals surface area (Å²) in [5.41, 5.74) is 0.965. The predicted octanol–water partition coefficient (Wildman–Crippen LogP) is 1.93. The van der Waals surface area contributed by atoms with Gasteiger partial charge in [0.1, 0.15) is 0 Å². The molecule has 0 spiro atoms. The lowest BCUT2D eigenvalue weighted by Crippen LogP contribution is -2.31. The zero-order chi connectivity index (χ0) is 15.3. The molecule has 1 atom stereocenters. The summed E-state index contributed by atoms with van der Waals surface area (Å²) in [6.07, 6.45) is 3.58. The molecule has 21 heavy (non-hydrogen) atoms. The first-order valence-electron chi connectivity index (χ1n) is 7.57. The van der Waals surface area contributed by atoms with Crippen LogP contribution in [0, 0.1) is 0 Å². The highest BCUT2D eigenvalue weighted by Crippen LogP contribution is 2.17. The van der Waals surface area contributed by atoms with E-state index < -0.39 is 10.0 Å². The molecule has 1 saturated heterocycles. The lowest BCUT2D eigenvalue weighted by molar-refractivity contribution is 0.570. The van der Waals surface area contributed by atoms with Crippen LogP contribution in [-0.4, -0.2) is 33.6 Å². The van der Waals surface area contributed by atoms with Gasteiger partial charge >= 0.3 is 0 Å². The van der Waals surface area contributed by atoms with Crippen LogP contribution in [0.25, 0.3) is 0 Å². The van der Waals surface area contributed by atoms with Gasteiger partial charge in [-0.3, -0.25) is 0 Å². The smallest absolute Gasteiger partial charge is 0.240 e. The molecule has 1 unspecified atom stereocenters. The van der Waals surface area contributed by atoms with Gasteiger partial charge < -0.3 is 10.6 Å². The Kier molecular flexibility index (Phi) is 5.61. The van der Waals surface area contributed by atoms with Crippen LogP contribution in [-0.2, 0) is 10.0 Å². The van der Waals surface area contributed by atoms with E-state index >= 15 is 0 Å². The molecule has 1 aromatic rings. The maximum absolute atomic E-state index is 12.0. The van der Waals surface area contributed by atoms with Gasteiger partial charge in [0.2, 0.25) is 10.0 Å². The van der Waals surface area contributed by atoms with E-state index in [4.69, 9.17) is 0 Å². The first-order chi connectivity index (χ1) is 9.97. The number of rotatable bonds is 5. The fraction of sp³-hybridized carbons (Fsp3) is 0.600. The van der Waals surface area contributed by atoms with Crippen LogP contribution in [0.15, 0.2) is 29.2 Å². The van der Waals surface area contributed by atoms with Gasteiger partial charge in [-0.1, -0.05) is 6.42 Å². The molecule has 0 bridgehead atoms. The van der Waals surface area contributed by atoms with Crippen LogP contribution < -0.4 is 15.4 Å². The van der Waals surface area contributed by atoms with Crippen LogP contribution in [0.2, 0.25) is 0 Å². The van der Waals surface area contributed by atoms with Gasteiger partial charge in [-0.25, -0.2) is 13.1 Å². The van der Waals surface area contributed by atoms with Crippen LogP contribution >= 0.6 is 0 Å². The van der Waals surface area contributed by atoms with Crippen molar-refractivity contribution in [3.63, 3.8) is 0 Å². The normalized spacial score (nSPS) is 20.2. The molecule has 0 aliphatic carbocycles. The van der Waals surface area contributed by atoms with Gasteiger partial charge in [0.15, 0.2) is 0 Å². The average molecular weight is 311 g/mol. The molecule has 5 nitrogen and oxygen atoms in total. The van der Waals surface area contributed by atoms with E-state index in [0.717, 1.165) is 25.2 Å². The van der Waals surface area contributed by atoms with Crippen molar-refractivity contribution in [2.45, 2.75) is 50.1 Å². The number of hydrogen-bond acceptors (Lipinski definition) is 4. The molecule has 1 aromatic carbocycles. The maximum atomic E-state index is 12.0. The minimum Gasteiger partial charge on any atom is -0.381 e. The van der Waals surface area contributed by atoms with Crippen LogP contribution in [0.4, 0.5) is 5.69 Å². The molecule has 0 amide bonds. The van der Waals surface area contributed by atoms with Crippen molar-refractivity contribution in [2.24, 2.45) is 0 Å². The highest BCUT2D eigenvalue weighted by atomic mass is 32.2.